The van der Waals surface area contributed by atoms with Crippen molar-refractivity contribution in [3.63, 3.8) is 0 Å². The van der Waals surface area contributed by atoms with Gasteiger partial charge >= 0.3 is 0 Å². The predicted molar refractivity (Wildman–Crippen MR) is 78.4 cm³/mol. The summed E-state index contributed by atoms with van der Waals surface area (Å²) in [5.74, 6) is -0.283. The molecule has 0 amide bonds. The molecule has 2 rings (SSSR count). The molecule has 2 aromatic rings. The zero-order valence-corrected chi connectivity index (χ0v) is 12.0. The van der Waals surface area contributed by atoms with Crippen molar-refractivity contribution in [2.24, 2.45) is 0 Å². The molecule has 4 heteroatoms. The first-order chi connectivity index (χ1) is 9.10. The molecule has 0 aromatic heterocycles. The average molecular weight is 298 g/mol. The van der Waals surface area contributed by atoms with Crippen LogP contribution in [-0.4, -0.2) is 7.05 Å². The minimum absolute atomic E-state index is 0.00868. The molecule has 1 N–H and O–H groups in total. The van der Waals surface area contributed by atoms with Gasteiger partial charge in [0, 0.05) is 16.1 Å². The minimum Gasteiger partial charge on any atom is -0.313 e. The molecule has 0 saturated carbocycles. The van der Waals surface area contributed by atoms with Crippen molar-refractivity contribution in [3.8, 4) is 0 Å². The molecule has 0 heterocycles. The zero-order chi connectivity index (χ0) is 13.8. The number of rotatable bonds is 4. The summed E-state index contributed by atoms with van der Waals surface area (Å²) >= 11 is 11.7. The van der Waals surface area contributed by atoms with Crippen molar-refractivity contribution in [2.75, 3.05) is 7.05 Å². The van der Waals surface area contributed by atoms with E-state index < -0.39 is 0 Å². The van der Waals surface area contributed by atoms with E-state index in [1.165, 1.54) is 6.07 Å². The van der Waals surface area contributed by atoms with Crippen LogP contribution in [0.4, 0.5) is 4.39 Å². The fourth-order valence-corrected chi connectivity index (χ4v) is 2.37. The largest absolute Gasteiger partial charge is 0.313 e. The second kappa shape index (κ2) is 6.38. The van der Waals surface area contributed by atoms with E-state index in [-0.39, 0.29) is 11.9 Å². The molecule has 19 heavy (non-hydrogen) atoms. The molecule has 1 nitrogen and oxygen atoms in total. The van der Waals surface area contributed by atoms with Crippen LogP contribution < -0.4 is 5.32 Å². The molecule has 0 bridgehead atoms. The van der Waals surface area contributed by atoms with Gasteiger partial charge in [0.05, 0.1) is 0 Å². The van der Waals surface area contributed by atoms with Crippen molar-refractivity contribution >= 4 is 23.2 Å². The molecule has 1 atom stereocenters. The van der Waals surface area contributed by atoms with Gasteiger partial charge in [0.15, 0.2) is 0 Å². The van der Waals surface area contributed by atoms with Gasteiger partial charge in [-0.25, -0.2) is 4.39 Å². The molecule has 0 radical (unpaired) electrons. The van der Waals surface area contributed by atoms with Crippen LogP contribution in [0.25, 0.3) is 0 Å². The Kier molecular flexibility index (Phi) is 4.81. The number of hydrogen-bond donors (Lipinski definition) is 1. The molecular weight excluding hydrogens is 284 g/mol. The lowest BCUT2D eigenvalue weighted by Gasteiger charge is -2.17. The summed E-state index contributed by atoms with van der Waals surface area (Å²) in [6.45, 7) is 0. The Morgan fingerprint density at radius 1 is 1.11 bits per heavy atom. The standard InChI is InChI=1S/C15H14Cl2FN/c1-19-15(11-3-2-4-12(16)7-11)8-10-5-6-13(17)9-14(10)18/h2-7,9,15,19H,8H2,1H3. The molecule has 2 aromatic carbocycles. The molecule has 0 aliphatic rings. The van der Waals surface area contributed by atoms with Crippen molar-refractivity contribution in [3.05, 3.63) is 69.5 Å². The van der Waals surface area contributed by atoms with E-state index in [4.69, 9.17) is 23.2 Å². The van der Waals surface area contributed by atoms with Gasteiger partial charge in [-0.1, -0.05) is 41.4 Å². The first-order valence-electron chi connectivity index (χ1n) is 5.97. The third-order valence-electron chi connectivity index (χ3n) is 3.04. The fourth-order valence-electron chi connectivity index (χ4n) is 2.02. The number of likely N-dealkylation sites (N-methyl/N-ethyl adjacent to an activating group) is 1. The normalized spacial score (nSPS) is 12.4. The van der Waals surface area contributed by atoms with Crippen LogP contribution in [-0.2, 0) is 6.42 Å². The van der Waals surface area contributed by atoms with Crippen LogP contribution >= 0.6 is 23.2 Å². The first-order valence-corrected chi connectivity index (χ1v) is 6.72. The van der Waals surface area contributed by atoms with E-state index in [0.29, 0.717) is 22.0 Å². The van der Waals surface area contributed by atoms with E-state index >= 15 is 0 Å². The monoisotopic (exact) mass is 297 g/mol. The van der Waals surface area contributed by atoms with Crippen molar-refractivity contribution in [2.45, 2.75) is 12.5 Å². The molecular formula is C15H14Cl2FN. The van der Waals surface area contributed by atoms with E-state index in [9.17, 15) is 4.39 Å². The number of halogens is 3. The van der Waals surface area contributed by atoms with Crippen LogP contribution in [0.3, 0.4) is 0 Å². The Hall–Kier alpha value is -1.09. The Morgan fingerprint density at radius 3 is 2.47 bits per heavy atom. The Balaban J connectivity index is 2.24. The van der Waals surface area contributed by atoms with E-state index in [1.54, 1.807) is 12.1 Å². The van der Waals surface area contributed by atoms with Gasteiger partial charge in [-0.3, -0.25) is 0 Å². The topological polar surface area (TPSA) is 12.0 Å². The Bertz CT molecular complexity index is 572. The molecule has 0 aliphatic heterocycles. The first kappa shape index (κ1) is 14.3. The summed E-state index contributed by atoms with van der Waals surface area (Å²) in [7, 11) is 1.85. The molecule has 100 valence electrons. The van der Waals surface area contributed by atoms with Crippen molar-refractivity contribution < 1.29 is 4.39 Å². The Morgan fingerprint density at radius 2 is 1.84 bits per heavy atom. The van der Waals surface area contributed by atoms with Gasteiger partial charge in [-0.2, -0.15) is 0 Å². The van der Waals surface area contributed by atoms with Crippen LogP contribution in [0.1, 0.15) is 17.2 Å². The van der Waals surface area contributed by atoms with Gasteiger partial charge in [0.25, 0.3) is 0 Å². The number of nitrogens with one attached hydrogen (secondary N) is 1. The van der Waals surface area contributed by atoms with Crippen LogP contribution in [0, 0.1) is 5.82 Å². The summed E-state index contributed by atoms with van der Waals surface area (Å²) in [6, 6.07) is 12.3. The van der Waals surface area contributed by atoms with E-state index in [1.807, 2.05) is 31.3 Å². The maximum absolute atomic E-state index is 13.8. The molecule has 0 fully saturated rings. The lowest BCUT2D eigenvalue weighted by Crippen LogP contribution is -2.19. The van der Waals surface area contributed by atoms with Crippen molar-refractivity contribution in [1.29, 1.82) is 0 Å². The van der Waals surface area contributed by atoms with Gasteiger partial charge < -0.3 is 5.32 Å². The average Bonchev–Trinajstić information content (AvgIpc) is 2.38. The summed E-state index contributed by atoms with van der Waals surface area (Å²) < 4.78 is 13.8. The smallest absolute Gasteiger partial charge is 0.127 e. The highest BCUT2D eigenvalue weighted by atomic mass is 35.5. The molecule has 0 spiro atoms. The predicted octanol–water partition coefficient (Wildman–Crippen LogP) is 4.64. The van der Waals surface area contributed by atoms with Crippen molar-refractivity contribution in [1.82, 2.24) is 5.32 Å². The zero-order valence-electron chi connectivity index (χ0n) is 10.5. The fraction of sp³-hybridized carbons (Fsp3) is 0.200. The third kappa shape index (κ3) is 3.69. The van der Waals surface area contributed by atoms with Crippen LogP contribution in [0.15, 0.2) is 42.5 Å². The summed E-state index contributed by atoms with van der Waals surface area (Å²) in [5.41, 5.74) is 1.66. The third-order valence-corrected chi connectivity index (χ3v) is 3.51. The lowest BCUT2D eigenvalue weighted by molar-refractivity contribution is 0.554. The maximum atomic E-state index is 13.8. The van der Waals surface area contributed by atoms with E-state index in [0.717, 1.165) is 5.56 Å². The van der Waals surface area contributed by atoms with Crippen LogP contribution in [0.5, 0.6) is 0 Å². The summed E-state index contributed by atoms with van der Waals surface area (Å²) in [6.07, 6.45) is 0.542. The number of benzene rings is 2. The summed E-state index contributed by atoms with van der Waals surface area (Å²) in [4.78, 5) is 0. The second-order valence-electron chi connectivity index (χ2n) is 4.34. The van der Waals surface area contributed by atoms with Gasteiger partial charge in [-0.05, 0) is 48.9 Å². The quantitative estimate of drug-likeness (QED) is 0.867. The van der Waals surface area contributed by atoms with Gasteiger partial charge in [-0.15, -0.1) is 0 Å². The van der Waals surface area contributed by atoms with E-state index in [2.05, 4.69) is 5.32 Å². The second-order valence-corrected chi connectivity index (χ2v) is 5.21. The molecule has 1 unspecified atom stereocenters. The highest BCUT2D eigenvalue weighted by Gasteiger charge is 2.13. The SMILES string of the molecule is CNC(Cc1ccc(Cl)cc1F)c1cccc(Cl)c1. The lowest BCUT2D eigenvalue weighted by atomic mass is 9.99. The minimum atomic E-state index is -0.283. The van der Waals surface area contributed by atoms with Gasteiger partial charge in [0.2, 0.25) is 0 Å². The summed E-state index contributed by atoms with van der Waals surface area (Å²) in [5, 5.41) is 4.26. The Labute approximate surface area is 122 Å². The molecule has 0 saturated heterocycles. The number of hydrogen-bond acceptors (Lipinski definition) is 1. The highest BCUT2D eigenvalue weighted by molar-refractivity contribution is 6.30. The maximum Gasteiger partial charge on any atom is 0.127 e. The van der Waals surface area contributed by atoms with Crippen LogP contribution in [0.2, 0.25) is 10.0 Å². The van der Waals surface area contributed by atoms with Gasteiger partial charge in [0.1, 0.15) is 5.82 Å². The molecule has 0 aliphatic carbocycles. The highest BCUT2D eigenvalue weighted by Crippen LogP contribution is 2.23.